The maximum atomic E-state index is 7.74. The van der Waals surface area contributed by atoms with E-state index in [0.717, 1.165) is 39.9 Å². The van der Waals surface area contributed by atoms with Gasteiger partial charge in [-0.3, -0.25) is 0 Å². The third kappa shape index (κ3) is 7.87. The molecule has 0 saturated carbocycles. The van der Waals surface area contributed by atoms with Crippen LogP contribution in [0.25, 0.3) is 65.3 Å². The fourth-order valence-corrected chi connectivity index (χ4v) is 14.9. The largest absolute Gasteiger partial charge is 0.458 e. The number of nitrogens with zero attached hydrogens (tertiary/aromatic N) is 3. The van der Waals surface area contributed by atoms with Crippen molar-refractivity contribution < 1.29 is 4.74 Å². The molecule has 0 amide bonds. The van der Waals surface area contributed by atoms with Crippen molar-refractivity contribution in [3.63, 3.8) is 0 Å². The Bertz CT molecular complexity index is 4720. The Balaban J connectivity index is 1.10. The number of anilines is 6. The van der Waals surface area contributed by atoms with E-state index in [1.54, 1.807) is 0 Å². The number of hydrogen-bond donors (Lipinski definition) is 0. The molecule has 2 aliphatic heterocycles. The molecule has 0 fully saturated rings. The zero-order valence-electron chi connectivity index (χ0n) is 52.2. The summed E-state index contributed by atoms with van der Waals surface area (Å²) in [6, 6.07) is 72.7. The topological polar surface area (TPSA) is 20.6 Å². The second-order valence-corrected chi connectivity index (χ2v) is 29.5. The first-order valence-electron chi connectivity index (χ1n) is 30.8. The van der Waals surface area contributed by atoms with Gasteiger partial charge in [0.05, 0.1) is 11.2 Å². The molecule has 3 aliphatic rings. The van der Waals surface area contributed by atoms with Crippen molar-refractivity contribution in [2.45, 2.75) is 124 Å². The zero-order chi connectivity index (χ0) is 59.2. The van der Waals surface area contributed by atoms with Crippen molar-refractivity contribution in [2.24, 2.45) is 7.05 Å². The molecule has 0 unspecified atom stereocenters. The molecule has 3 heterocycles. The fourth-order valence-electron chi connectivity index (χ4n) is 14.9. The van der Waals surface area contributed by atoms with Gasteiger partial charge in [-0.05, 0) is 165 Å². The second kappa shape index (κ2) is 18.0. The van der Waals surface area contributed by atoms with Crippen LogP contribution in [0, 0.1) is 0 Å². The molecule has 0 saturated heterocycles. The predicted octanol–water partition coefficient (Wildman–Crippen LogP) is 20.2. The number of benzene rings is 11. The van der Waals surface area contributed by atoms with Gasteiger partial charge in [-0.1, -0.05) is 224 Å². The van der Waals surface area contributed by atoms with Crippen LogP contribution in [0.4, 0.5) is 34.1 Å². The van der Waals surface area contributed by atoms with Crippen molar-refractivity contribution >= 4 is 111 Å². The van der Waals surface area contributed by atoms with Crippen LogP contribution in [-0.4, -0.2) is 11.3 Å². The molecule has 4 nitrogen and oxygen atoms in total. The number of aryl methyl sites for hydroxylation is 1. The van der Waals surface area contributed by atoms with Gasteiger partial charge in [0, 0.05) is 68.1 Å². The van der Waals surface area contributed by atoms with E-state index in [0.29, 0.717) is 0 Å². The van der Waals surface area contributed by atoms with E-state index in [1.807, 2.05) is 0 Å². The van der Waals surface area contributed by atoms with E-state index in [4.69, 9.17) is 4.74 Å². The normalized spacial score (nSPS) is 14.4. The summed E-state index contributed by atoms with van der Waals surface area (Å²) in [6.45, 7) is 32.6. The summed E-state index contributed by atoms with van der Waals surface area (Å²) in [4.78, 5) is 5.16. The van der Waals surface area contributed by atoms with Crippen molar-refractivity contribution in [3.8, 4) is 22.6 Å². The summed E-state index contributed by atoms with van der Waals surface area (Å²) >= 11 is 0. The molecule has 0 N–H and O–H groups in total. The highest BCUT2D eigenvalue weighted by molar-refractivity contribution is 6.99. The minimum Gasteiger partial charge on any atom is -0.458 e. The number of ether oxygens (including phenoxy) is 1. The fraction of sp³-hybridized carbons (Fsp3) is 0.250. The SMILES string of the molecule is Cn1c2ccc3c4ccccc4c4ccccc4c3c2c2cc(N(c3ccc(C(C)(C)C)cc3)c3ccc(C(C)(C)C)cc3)cc(N3c4ccc(C(C)(C)C)cc4B4c5ccc6c(c5Oc5cc(C(C)(C)C)cc3c54)-c3ccccc3C6(C)C)c21. The monoisotopic (exact) mass is 1110 g/mol. The van der Waals surface area contributed by atoms with Gasteiger partial charge in [-0.2, -0.15) is 0 Å². The Kier molecular flexibility index (Phi) is 11.3. The van der Waals surface area contributed by atoms with Gasteiger partial charge in [-0.15, -0.1) is 0 Å². The minimum absolute atomic E-state index is 0.0147. The van der Waals surface area contributed by atoms with E-state index in [-0.39, 0.29) is 33.8 Å². The van der Waals surface area contributed by atoms with Crippen LogP contribution in [0.3, 0.4) is 0 Å². The average molecular weight is 1110 g/mol. The molecular weight excluding hydrogens is 1030 g/mol. The van der Waals surface area contributed by atoms with Crippen LogP contribution in [0.15, 0.2) is 188 Å². The number of rotatable bonds is 4. The summed E-state index contributed by atoms with van der Waals surface area (Å²) in [5.41, 5.74) is 22.5. The molecule has 1 aliphatic carbocycles. The second-order valence-electron chi connectivity index (χ2n) is 29.5. The van der Waals surface area contributed by atoms with Gasteiger partial charge in [0.25, 0.3) is 6.71 Å². The van der Waals surface area contributed by atoms with E-state index in [1.165, 1.54) is 121 Å². The Morgan fingerprint density at radius 2 is 0.976 bits per heavy atom. The van der Waals surface area contributed by atoms with Crippen molar-refractivity contribution in [1.29, 1.82) is 0 Å². The molecule has 0 spiro atoms. The van der Waals surface area contributed by atoms with E-state index >= 15 is 0 Å². The van der Waals surface area contributed by atoms with Crippen molar-refractivity contribution in [2.75, 3.05) is 9.80 Å². The van der Waals surface area contributed by atoms with Gasteiger partial charge in [0.15, 0.2) is 0 Å². The Labute approximate surface area is 502 Å². The Hall–Kier alpha value is -8.54. The molecule has 12 aromatic rings. The van der Waals surface area contributed by atoms with Crippen LogP contribution in [-0.2, 0) is 34.1 Å². The van der Waals surface area contributed by atoms with Gasteiger partial charge >= 0.3 is 0 Å². The highest BCUT2D eigenvalue weighted by Gasteiger charge is 2.47. The van der Waals surface area contributed by atoms with Crippen molar-refractivity contribution in [1.82, 2.24) is 4.57 Å². The van der Waals surface area contributed by atoms with E-state index in [2.05, 4.69) is 306 Å². The highest BCUT2D eigenvalue weighted by Crippen LogP contribution is 2.56. The Morgan fingerprint density at radius 1 is 0.424 bits per heavy atom. The lowest BCUT2D eigenvalue weighted by Gasteiger charge is -2.42. The van der Waals surface area contributed by atoms with E-state index in [9.17, 15) is 0 Å². The molecule has 420 valence electrons. The standard InChI is InChI=1S/C80H76BN3O/c1-76(2,3)47-28-33-51(34-29-47)83(52-35-30-48(31-36-52)77(4,5)6)53-45-60-72-66(41-37-58-56-24-17-16-22-54(56)55-23-18-19-25-57(55)70(58)72)82(15)74(60)68(46-53)84-65-40-32-49(78(7,8)9)42-64(65)81-63-39-38-62-71(59-26-20-21-27-61(59)80(62,13)14)75(63)85-69-44-50(79(10,11)12)43-67(84)73(69)81/h16-46H,1-15H3. The summed E-state index contributed by atoms with van der Waals surface area (Å²) in [7, 11) is 2.30. The molecule has 11 aromatic carbocycles. The first-order chi connectivity index (χ1) is 40.4. The van der Waals surface area contributed by atoms with Crippen LogP contribution >= 0.6 is 0 Å². The third-order valence-corrected chi connectivity index (χ3v) is 19.6. The maximum Gasteiger partial charge on any atom is 0.256 e. The molecule has 1 aromatic heterocycles. The molecule has 85 heavy (non-hydrogen) atoms. The van der Waals surface area contributed by atoms with Gasteiger partial charge in [-0.25, -0.2) is 0 Å². The lowest BCUT2D eigenvalue weighted by Crippen LogP contribution is -2.60. The van der Waals surface area contributed by atoms with Gasteiger partial charge < -0.3 is 19.1 Å². The third-order valence-electron chi connectivity index (χ3n) is 19.6. The maximum absolute atomic E-state index is 7.74. The molecule has 0 bridgehead atoms. The first kappa shape index (κ1) is 53.2. The molecule has 0 radical (unpaired) electrons. The van der Waals surface area contributed by atoms with Crippen molar-refractivity contribution in [3.05, 3.63) is 221 Å². The van der Waals surface area contributed by atoms with Gasteiger partial charge in [0.1, 0.15) is 11.5 Å². The molecule has 15 rings (SSSR count). The highest BCUT2D eigenvalue weighted by atomic mass is 16.5. The predicted molar refractivity (Wildman–Crippen MR) is 366 cm³/mol. The summed E-state index contributed by atoms with van der Waals surface area (Å²) in [5, 5.41) is 10.1. The zero-order valence-corrected chi connectivity index (χ0v) is 52.2. The van der Waals surface area contributed by atoms with Crippen LogP contribution in [0.1, 0.15) is 130 Å². The smallest absolute Gasteiger partial charge is 0.256 e. The number of hydrogen-bond acceptors (Lipinski definition) is 3. The van der Waals surface area contributed by atoms with Crippen LogP contribution < -0.4 is 30.9 Å². The quantitative estimate of drug-likeness (QED) is 0.129. The summed E-state index contributed by atoms with van der Waals surface area (Å²) in [6.07, 6.45) is 0. The summed E-state index contributed by atoms with van der Waals surface area (Å²) < 4.78 is 10.2. The molecular formula is C80H76BN3O. The van der Waals surface area contributed by atoms with Gasteiger partial charge in [0.2, 0.25) is 0 Å². The number of aromatic nitrogens is 1. The van der Waals surface area contributed by atoms with E-state index < -0.39 is 0 Å². The molecule has 5 heteroatoms. The average Bonchev–Trinajstić information content (AvgIpc) is 1.76. The lowest BCUT2D eigenvalue weighted by atomic mass is 9.33. The first-order valence-corrected chi connectivity index (χ1v) is 30.8. The lowest BCUT2D eigenvalue weighted by molar-refractivity contribution is 0.484. The number of fused-ring (bicyclic) bond motifs is 18. The van der Waals surface area contributed by atoms with Crippen LogP contribution in [0.2, 0.25) is 0 Å². The summed E-state index contributed by atoms with van der Waals surface area (Å²) in [5.74, 6) is 1.92. The molecule has 0 atom stereocenters. The minimum atomic E-state index is -0.214. The van der Waals surface area contributed by atoms with Crippen LogP contribution in [0.5, 0.6) is 11.5 Å². The Morgan fingerprint density at radius 3 is 1.59 bits per heavy atom.